The van der Waals surface area contributed by atoms with Crippen molar-refractivity contribution in [3.63, 3.8) is 0 Å². The van der Waals surface area contributed by atoms with Crippen LogP contribution < -0.4 is 5.32 Å². The van der Waals surface area contributed by atoms with Crippen LogP contribution in [0.25, 0.3) is 5.70 Å². The molecule has 0 radical (unpaired) electrons. The Bertz CT molecular complexity index is 854. The van der Waals surface area contributed by atoms with Crippen LogP contribution in [-0.2, 0) is 4.79 Å². The van der Waals surface area contributed by atoms with Gasteiger partial charge in [-0.05, 0) is 36.8 Å². The molecule has 0 spiro atoms. The van der Waals surface area contributed by atoms with Gasteiger partial charge < -0.3 is 10.4 Å². The van der Waals surface area contributed by atoms with E-state index >= 15 is 0 Å². The summed E-state index contributed by atoms with van der Waals surface area (Å²) in [6, 6.07) is 16.5. The number of rotatable bonds is 2. The lowest BCUT2D eigenvalue weighted by Crippen LogP contribution is -2.35. The zero-order valence-corrected chi connectivity index (χ0v) is 13.2. The molecule has 120 valence electrons. The first-order valence-corrected chi connectivity index (χ1v) is 7.88. The molecule has 2 aromatic rings. The molecule has 0 aromatic heterocycles. The third kappa shape index (κ3) is 2.34. The highest BCUT2D eigenvalue weighted by molar-refractivity contribution is 6.09. The number of benzene rings is 2. The van der Waals surface area contributed by atoms with Crippen LogP contribution in [0.4, 0.5) is 0 Å². The number of carbonyl (C=O) groups excluding carboxylic acids is 1. The molecule has 0 bridgehead atoms. The Morgan fingerprint density at radius 3 is 2.50 bits per heavy atom. The van der Waals surface area contributed by atoms with Crippen molar-refractivity contribution in [1.82, 2.24) is 10.2 Å². The van der Waals surface area contributed by atoms with E-state index in [4.69, 9.17) is 4.99 Å². The number of carbonyl (C=O) groups is 1. The van der Waals surface area contributed by atoms with Gasteiger partial charge in [0.2, 0.25) is 0 Å². The quantitative estimate of drug-likeness (QED) is 0.893. The van der Waals surface area contributed by atoms with Crippen molar-refractivity contribution < 1.29 is 9.90 Å². The Morgan fingerprint density at radius 1 is 1.08 bits per heavy atom. The van der Waals surface area contributed by atoms with E-state index in [1.807, 2.05) is 49.4 Å². The van der Waals surface area contributed by atoms with E-state index in [-0.39, 0.29) is 17.7 Å². The Hall–Kier alpha value is -3.08. The SMILES string of the molecule is CC1NC2=C(c3ccccc3)N=C(c3ccc(O)cc3)CN2C1=O. The van der Waals surface area contributed by atoms with Gasteiger partial charge in [0.1, 0.15) is 23.3 Å². The fraction of sp³-hybridized carbons (Fsp3) is 0.158. The summed E-state index contributed by atoms with van der Waals surface area (Å²) in [6.45, 7) is 2.28. The fourth-order valence-electron chi connectivity index (χ4n) is 3.02. The Morgan fingerprint density at radius 2 is 1.79 bits per heavy atom. The molecule has 24 heavy (non-hydrogen) atoms. The van der Waals surface area contributed by atoms with Crippen LogP contribution in [0.15, 0.2) is 65.4 Å². The van der Waals surface area contributed by atoms with Crippen LogP contribution in [0.1, 0.15) is 18.1 Å². The summed E-state index contributed by atoms with van der Waals surface area (Å²) in [6.07, 6.45) is 0. The first-order chi connectivity index (χ1) is 11.6. The molecule has 1 saturated heterocycles. The Labute approximate surface area is 140 Å². The lowest BCUT2D eigenvalue weighted by atomic mass is 10.1. The van der Waals surface area contributed by atoms with Gasteiger partial charge in [0.25, 0.3) is 5.91 Å². The zero-order chi connectivity index (χ0) is 16.7. The smallest absolute Gasteiger partial charge is 0.250 e. The minimum atomic E-state index is -0.256. The summed E-state index contributed by atoms with van der Waals surface area (Å²) in [5, 5.41) is 12.7. The highest BCUT2D eigenvalue weighted by Gasteiger charge is 2.37. The van der Waals surface area contributed by atoms with Gasteiger partial charge in [0.05, 0.1) is 12.3 Å². The zero-order valence-electron chi connectivity index (χ0n) is 13.2. The fourth-order valence-corrected chi connectivity index (χ4v) is 3.02. The Kier molecular flexibility index (Phi) is 3.34. The van der Waals surface area contributed by atoms with Gasteiger partial charge in [0, 0.05) is 5.56 Å². The second-order valence-corrected chi connectivity index (χ2v) is 5.96. The number of nitrogens with one attached hydrogen (secondary N) is 1. The largest absolute Gasteiger partial charge is 0.508 e. The number of hydrogen-bond donors (Lipinski definition) is 2. The molecule has 1 atom stereocenters. The number of phenolic OH excluding ortho intramolecular Hbond substituents is 1. The second-order valence-electron chi connectivity index (χ2n) is 5.96. The van der Waals surface area contributed by atoms with Gasteiger partial charge in [-0.25, -0.2) is 4.99 Å². The van der Waals surface area contributed by atoms with Crippen molar-refractivity contribution in [2.45, 2.75) is 13.0 Å². The molecule has 2 heterocycles. The number of nitrogens with zero attached hydrogens (tertiary/aromatic N) is 2. The molecule has 5 heteroatoms. The molecular formula is C19H17N3O2. The van der Waals surface area contributed by atoms with Crippen molar-refractivity contribution in [3.05, 3.63) is 71.5 Å². The van der Waals surface area contributed by atoms with E-state index in [1.54, 1.807) is 17.0 Å². The maximum atomic E-state index is 12.5. The number of phenols is 1. The standard InChI is InChI=1S/C19H17N3O2/c1-12-19(24)22-11-16(13-7-9-15(23)10-8-13)21-17(18(22)20-12)14-5-3-2-4-6-14/h2-10,12,20,23H,11H2,1H3. The van der Waals surface area contributed by atoms with Gasteiger partial charge in [-0.1, -0.05) is 30.3 Å². The van der Waals surface area contributed by atoms with Crippen LogP contribution in [0, 0.1) is 0 Å². The molecule has 0 aliphatic carbocycles. The van der Waals surface area contributed by atoms with Crippen molar-refractivity contribution in [2.75, 3.05) is 6.54 Å². The molecule has 0 saturated carbocycles. The van der Waals surface area contributed by atoms with Crippen LogP contribution in [0.2, 0.25) is 0 Å². The van der Waals surface area contributed by atoms with Gasteiger partial charge >= 0.3 is 0 Å². The molecule has 2 aromatic carbocycles. The summed E-state index contributed by atoms with van der Waals surface area (Å²) >= 11 is 0. The topological polar surface area (TPSA) is 64.9 Å². The summed E-state index contributed by atoms with van der Waals surface area (Å²) in [7, 11) is 0. The third-order valence-corrected chi connectivity index (χ3v) is 4.29. The van der Waals surface area contributed by atoms with Crippen molar-refractivity contribution in [3.8, 4) is 5.75 Å². The number of fused-ring (bicyclic) bond motifs is 1. The normalized spacial score (nSPS) is 19.9. The lowest BCUT2D eigenvalue weighted by Gasteiger charge is -2.25. The lowest BCUT2D eigenvalue weighted by molar-refractivity contribution is -0.127. The van der Waals surface area contributed by atoms with Crippen molar-refractivity contribution in [1.29, 1.82) is 0 Å². The van der Waals surface area contributed by atoms with E-state index in [0.717, 1.165) is 28.4 Å². The molecule has 4 rings (SSSR count). The van der Waals surface area contributed by atoms with Crippen molar-refractivity contribution in [2.24, 2.45) is 4.99 Å². The number of hydrogen-bond acceptors (Lipinski definition) is 4. The van der Waals surface area contributed by atoms with Gasteiger partial charge in [0.15, 0.2) is 0 Å². The summed E-state index contributed by atoms with van der Waals surface area (Å²) in [5.41, 5.74) is 3.43. The summed E-state index contributed by atoms with van der Waals surface area (Å²) in [4.78, 5) is 19.1. The monoisotopic (exact) mass is 319 g/mol. The number of amides is 1. The molecule has 2 aliphatic heterocycles. The molecule has 1 unspecified atom stereocenters. The molecule has 1 amide bonds. The first kappa shape index (κ1) is 14.5. The predicted octanol–water partition coefficient (Wildman–Crippen LogP) is 2.34. The van der Waals surface area contributed by atoms with E-state index < -0.39 is 0 Å². The van der Waals surface area contributed by atoms with Gasteiger partial charge in [-0.3, -0.25) is 9.69 Å². The first-order valence-electron chi connectivity index (χ1n) is 7.88. The molecule has 1 fully saturated rings. The average Bonchev–Trinajstić information content (AvgIpc) is 2.90. The highest BCUT2D eigenvalue weighted by atomic mass is 16.3. The highest BCUT2D eigenvalue weighted by Crippen LogP contribution is 2.30. The van der Waals surface area contributed by atoms with E-state index in [1.165, 1.54) is 0 Å². The molecular weight excluding hydrogens is 302 g/mol. The van der Waals surface area contributed by atoms with E-state index in [9.17, 15) is 9.90 Å². The summed E-state index contributed by atoms with van der Waals surface area (Å²) < 4.78 is 0. The Balaban J connectivity index is 1.84. The molecule has 2 N–H and O–H groups in total. The maximum Gasteiger partial charge on any atom is 0.250 e. The second kappa shape index (κ2) is 5.53. The van der Waals surface area contributed by atoms with Gasteiger partial charge in [-0.15, -0.1) is 0 Å². The van der Waals surface area contributed by atoms with Crippen LogP contribution in [0.3, 0.4) is 0 Å². The number of aliphatic imine (C=N–C) groups is 1. The minimum Gasteiger partial charge on any atom is -0.508 e. The molecule has 5 nitrogen and oxygen atoms in total. The van der Waals surface area contributed by atoms with Crippen molar-refractivity contribution >= 4 is 17.3 Å². The minimum absolute atomic E-state index is 0.0459. The predicted molar refractivity (Wildman–Crippen MR) is 92.3 cm³/mol. The molecule has 2 aliphatic rings. The maximum absolute atomic E-state index is 12.5. The van der Waals surface area contributed by atoms with Crippen LogP contribution >= 0.6 is 0 Å². The van der Waals surface area contributed by atoms with E-state index in [0.29, 0.717) is 6.54 Å². The third-order valence-electron chi connectivity index (χ3n) is 4.29. The van der Waals surface area contributed by atoms with Crippen LogP contribution in [0.5, 0.6) is 5.75 Å². The van der Waals surface area contributed by atoms with Crippen LogP contribution in [-0.4, -0.2) is 34.2 Å². The number of aromatic hydroxyl groups is 1. The average molecular weight is 319 g/mol. The van der Waals surface area contributed by atoms with E-state index in [2.05, 4.69) is 5.32 Å². The summed E-state index contributed by atoms with van der Waals surface area (Å²) in [5.74, 6) is 1.02. The van der Waals surface area contributed by atoms with Gasteiger partial charge in [-0.2, -0.15) is 0 Å².